The number of urea groups is 1. The summed E-state index contributed by atoms with van der Waals surface area (Å²) in [4.78, 5) is 23.1. The van der Waals surface area contributed by atoms with Crippen LogP contribution < -0.4 is 10.6 Å². The molecule has 0 saturated carbocycles. The highest BCUT2D eigenvalue weighted by atomic mass is 16.5. The van der Waals surface area contributed by atoms with Gasteiger partial charge >= 0.3 is 12.0 Å². The second-order valence-electron chi connectivity index (χ2n) is 6.77. The standard InChI is InChI=1S/C19H28N2O4/c1-14-13-25-10-9-16(14)12-20-19(24)21-17(7-8-18(22)23)11-15-5-3-2-4-6-15/h2-6,14,16-17H,7-13H2,1H3,(H,22,23)(H2,20,21,24). The van der Waals surface area contributed by atoms with Crippen LogP contribution in [0.25, 0.3) is 0 Å². The minimum Gasteiger partial charge on any atom is -0.481 e. The fourth-order valence-electron chi connectivity index (χ4n) is 3.11. The highest BCUT2D eigenvalue weighted by Crippen LogP contribution is 2.20. The van der Waals surface area contributed by atoms with Gasteiger partial charge in [0.2, 0.25) is 0 Å². The Morgan fingerprint density at radius 1 is 1.32 bits per heavy atom. The van der Waals surface area contributed by atoms with E-state index in [1.807, 2.05) is 30.3 Å². The summed E-state index contributed by atoms with van der Waals surface area (Å²) >= 11 is 0. The van der Waals surface area contributed by atoms with Gasteiger partial charge in [-0.25, -0.2) is 4.79 Å². The average Bonchev–Trinajstić information content (AvgIpc) is 2.60. The number of ether oxygens (including phenoxy) is 1. The summed E-state index contributed by atoms with van der Waals surface area (Å²) in [5, 5.41) is 14.8. The number of carboxylic acid groups (broad SMARTS) is 1. The van der Waals surface area contributed by atoms with Gasteiger partial charge in [-0.2, -0.15) is 0 Å². The van der Waals surface area contributed by atoms with Crippen LogP contribution in [0.4, 0.5) is 4.79 Å². The third-order valence-electron chi connectivity index (χ3n) is 4.71. The molecule has 3 unspecified atom stereocenters. The number of carbonyl (C=O) groups is 2. The number of nitrogens with one attached hydrogen (secondary N) is 2. The smallest absolute Gasteiger partial charge is 0.315 e. The number of carboxylic acids is 1. The van der Waals surface area contributed by atoms with E-state index in [2.05, 4.69) is 17.6 Å². The average molecular weight is 348 g/mol. The van der Waals surface area contributed by atoms with Crippen molar-refractivity contribution in [1.82, 2.24) is 10.6 Å². The van der Waals surface area contributed by atoms with Gasteiger partial charge in [-0.1, -0.05) is 37.3 Å². The van der Waals surface area contributed by atoms with Gasteiger partial charge in [0.1, 0.15) is 0 Å². The normalized spacial score (nSPS) is 21.3. The number of carbonyl (C=O) groups excluding carboxylic acids is 1. The van der Waals surface area contributed by atoms with E-state index in [0.717, 1.165) is 25.2 Å². The summed E-state index contributed by atoms with van der Waals surface area (Å²) in [5.74, 6) is 0.00330. The van der Waals surface area contributed by atoms with Gasteiger partial charge < -0.3 is 20.5 Å². The number of benzene rings is 1. The van der Waals surface area contributed by atoms with Gasteiger partial charge in [-0.3, -0.25) is 4.79 Å². The Labute approximate surface area is 149 Å². The molecule has 6 nitrogen and oxygen atoms in total. The molecule has 2 amide bonds. The molecule has 1 aliphatic heterocycles. The van der Waals surface area contributed by atoms with Gasteiger partial charge in [0, 0.05) is 32.2 Å². The van der Waals surface area contributed by atoms with Crippen molar-refractivity contribution in [3.05, 3.63) is 35.9 Å². The Morgan fingerprint density at radius 2 is 2.08 bits per heavy atom. The topological polar surface area (TPSA) is 87.7 Å². The van der Waals surface area contributed by atoms with E-state index >= 15 is 0 Å². The van der Waals surface area contributed by atoms with E-state index < -0.39 is 5.97 Å². The first kappa shape index (κ1) is 19.2. The monoisotopic (exact) mass is 348 g/mol. The largest absolute Gasteiger partial charge is 0.481 e. The van der Waals surface area contributed by atoms with E-state index in [-0.39, 0.29) is 18.5 Å². The molecule has 3 atom stereocenters. The van der Waals surface area contributed by atoms with Crippen LogP contribution in [0.2, 0.25) is 0 Å². The Kier molecular flexibility index (Phi) is 7.73. The van der Waals surface area contributed by atoms with Crippen LogP contribution in [0.5, 0.6) is 0 Å². The van der Waals surface area contributed by atoms with Crippen LogP contribution >= 0.6 is 0 Å². The van der Waals surface area contributed by atoms with E-state index in [4.69, 9.17) is 9.84 Å². The molecule has 1 heterocycles. The van der Waals surface area contributed by atoms with Gasteiger partial charge in [0.05, 0.1) is 0 Å². The minimum atomic E-state index is -0.851. The lowest BCUT2D eigenvalue weighted by atomic mass is 9.90. The second-order valence-corrected chi connectivity index (χ2v) is 6.77. The Hall–Kier alpha value is -2.08. The van der Waals surface area contributed by atoms with Crippen LogP contribution in [0.1, 0.15) is 31.7 Å². The number of hydrogen-bond acceptors (Lipinski definition) is 3. The fraction of sp³-hybridized carbons (Fsp3) is 0.579. The molecular weight excluding hydrogens is 320 g/mol. The molecule has 0 aromatic heterocycles. The lowest BCUT2D eigenvalue weighted by Crippen LogP contribution is -2.46. The van der Waals surface area contributed by atoms with Gasteiger partial charge in [0.15, 0.2) is 0 Å². The molecule has 3 N–H and O–H groups in total. The minimum absolute atomic E-state index is 0.0365. The molecule has 0 aliphatic carbocycles. The number of rotatable bonds is 8. The maximum absolute atomic E-state index is 12.2. The predicted octanol–water partition coefficient (Wildman–Crippen LogP) is 2.43. The van der Waals surface area contributed by atoms with Crippen molar-refractivity contribution in [2.24, 2.45) is 11.8 Å². The number of aliphatic carboxylic acids is 1. The van der Waals surface area contributed by atoms with Gasteiger partial charge in [-0.05, 0) is 36.7 Å². The molecular formula is C19H28N2O4. The van der Waals surface area contributed by atoms with Crippen LogP contribution in [-0.2, 0) is 16.0 Å². The van der Waals surface area contributed by atoms with Crippen LogP contribution in [0, 0.1) is 11.8 Å². The first-order chi connectivity index (χ1) is 12.0. The van der Waals surface area contributed by atoms with Crippen molar-refractivity contribution in [1.29, 1.82) is 0 Å². The molecule has 1 aromatic rings. The zero-order valence-corrected chi connectivity index (χ0v) is 14.7. The zero-order chi connectivity index (χ0) is 18.1. The molecule has 138 valence electrons. The molecule has 1 saturated heterocycles. The van der Waals surface area contributed by atoms with E-state index in [9.17, 15) is 9.59 Å². The molecule has 0 spiro atoms. The van der Waals surface area contributed by atoms with Crippen LogP contribution in [0.3, 0.4) is 0 Å². The summed E-state index contributed by atoms with van der Waals surface area (Å²) in [5.41, 5.74) is 1.08. The third-order valence-corrected chi connectivity index (χ3v) is 4.71. The van der Waals surface area contributed by atoms with Gasteiger partial charge in [-0.15, -0.1) is 0 Å². The zero-order valence-electron chi connectivity index (χ0n) is 14.7. The summed E-state index contributed by atoms with van der Waals surface area (Å²) in [6.07, 6.45) is 2.02. The van der Waals surface area contributed by atoms with Gasteiger partial charge in [0.25, 0.3) is 0 Å². The van der Waals surface area contributed by atoms with E-state index in [0.29, 0.717) is 31.2 Å². The summed E-state index contributed by atoms with van der Waals surface area (Å²) < 4.78 is 5.42. The number of amides is 2. The summed E-state index contributed by atoms with van der Waals surface area (Å²) in [6, 6.07) is 9.35. The van der Waals surface area contributed by atoms with Crippen molar-refractivity contribution in [3.8, 4) is 0 Å². The third kappa shape index (κ3) is 7.13. The van der Waals surface area contributed by atoms with Crippen LogP contribution in [0.15, 0.2) is 30.3 Å². The van der Waals surface area contributed by atoms with Crippen LogP contribution in [-0.4, -0.2) is 42.9 Å². The Morgan fingerprint density at radius 3 is 2.76 bits per heavy atom. The lowest BCUT2D eigenvalue weighted by molar-refractivity contribution is -0.137. The SMILES string of the molecule is CC1COCCC1CNC(=O)NC(CCC(=O)O)Cc1ccccc1. The summed E-state index contributed by atoms with van der Waals surface area (Å²) in [7, 11) is 0. The molecule has 2 rings (SSSR count). The molecule has 0 bridgehead atoms. The van der Waals surface area contributed by atoms with Crippen molar-refractivity contribution in [2.75, 3.05) is 19.8 Å². The van der Waals surface area contributed by atoms with E-state index in [1.54, 1.807) is 0 Å². The van der Waals surface area contributed by atoms with Crippen molar-refractivity contribution >= 4 is 12.0 Å². The second kappa shape index (κ2) is 10.0. The predicted molar refractivity (Wildman–Crippen MR) is 95.4 cm³/mol. The molecule has 1 fully saturated rings. The Balaban J connectivity index is 1.83. The molecule has 1 aliphatic rings. The first-order valence-corrected chi connectivity index (χ1v) is 8.92. The fourth-order valence-corrected chi connectivity index (χ4v) is 3.11. The summed E-state index contributed by atoms with van der Waals surface area (Å²) in [6.45, 7) is 4.23. The van der Waals surface area contributed by atoms with Crippen molar-refractivity contribution < 1.29 is 19.4 Å². The highest BCUT2D eigenvalue weighted by molar-refractivity contribution is 5.74. The maximum atomic E-state index is 12.2. The molecule has 0 radical (unpaired) electrons. The lowest BCUT2D eigenvalue weighted by Gasteiger charge is -2.29. The molecule has 6 heteroatoms. The maximum Gasteiger partial charge on any atom is 0.315 e. The quantitative estimate of drug-likeness (QED) is 0.673. The Bertz CT molecular complexity index is 550. The van der Waals surface area contributed by atoms with E-state index in [1.165, 1.54) is 0 Å². The highest BCUT2D eigenvalue weighted by Gasteiger charge is 2.22. The molecule has 25 heavy (non-hydrogen) atoms. The van der Waals surface area contributed by atoms with Crippen molar-refractivity contribution in [2.45, 2.75) is 38.6 Å². The molecule has 1 aromatic carbocycles. The van der Waals surface area contributed by atoms with Crippen molar-refractivity contribution in [3.63, 3.8) is 0 Å². The number of hydrogen-bond donors (Lipinski definition) is 3. The first-order valence-electron chi connectivity index (χ1n) is 8.92.